The molecule has 0 saturated heterocycles. The van der Waals surface area contributed by atoms with Gasteiger partial charge in [-0.25, -0.2) is 4.98 Å². The minimum atomic E-state index is 0.778. The third kappa shape index (κ3) is 3.83. The molecule has 4 aromatic rings. The fraction of sp³-hybridized carbons (Fsp3) is 0.0909. The molecular weight excluding hydrogens is 352 g/mol. The van der Waals surface area contributed by atoms with Crippen molar-refractivity contribution < 1.29 is 0 Å². The molecule has 2 heterocycles. The Morgan fingerprint density at radius 2 is 1.63 bits per heavy atom. The molecule has 4 nitrogen and oxygen atoms in total. The normalized spacial score (nSPS) is 11.2. The molecule has 0 radical (unpaired) electrons. The van der Waals surface area contributed by atoms with Crippen molar-refractivity contribution in [3.63, 3.8) is 0 Å². The van der Waals surface area contributed by atoms with Crippen LogP contribution >= 0.6 is 11.3 Å². The van der Waals surface area contributed by atoms with Gasteiger partial charge in [-0.3, -0.25) is 5.43 Å². The molecule has 0 amide bonds. The second kappa shape index (κ2) is 7.60. The number of hydrogen-bond donors (Lipinski definition) is 1. The first-order valence-electron chi connectivity index (χ1n) is 8.76. The first-order valence-corrected chi connectivity index (χ1v) is 9.64. The quantitative estimate of drug-likeness (QED) is 0.363. The monoisotopic (exact) mass is 372 g/mol. The summed E-state index contributed by atoms with van der Waals surface area (Å²) in [5, 5.41) is 7.12. The van der Waals surface area contributed by atoms with Crippen molar-refractivity contribution in [1.82, 2.24) is 9.55 Å². The van der Waals surface area contributed by atoms with E-state index in [1.165, 1.54) is 11.4 Å². The van der Waals surface area contributed by atoms with Crippen LogP contribution < -0.4 is 5.43 Å². The third-order valence-corrected chi connectivity index (χ3v) is 5.12. The van der Waals surface area contributed by atoms with E-state index in [-0.39, 0.29) is 0 Å². The van der Waals surface area contributed by atoms with Gasteiger partial charge in [-0.15, -0.1) is 11.3 Å². The van der Waals surface area contributed by atoms with Crippen LogP contribution in [0.25, 0.3) is 16.9 Å². The van der Waals surface area contributed by atoms with Crippen molar-refractivity contribution in [3.8, 4) is 16.9 Å². The van der Waals surface area contributed by atoms with Crippen molar-refractivity contribution in [1.29, 1.82) is 0 Å². The zero-order chi connectivity index (χ0) is 18.6. The molecule has 0 atom stereocenters. The smallest absolute Gasteiger partial charge is 0.203 e. The standard InChI is InChI=1S/C22H20N4S/c1-16-8-9-17(2)26(16)20-12-10-18(11-13-20)14-23-25-22-24-21(15-27-22)19-6-4-3-5-7-19/h3-15H,1-2H3,(H,24,25). The lowest BCUT2D eigenvalue weighted by molar-refractivity contribution is 0.966. The maximum atomic E-state index is 4.57. The Balaban J connectivity index is 1.43. The fourth-order valence-corrected chi connectivity index (χ4v) is 3.68. The van der Waals surface area contributed by atoms with Gasteiger partial charge in [0.25, 0.3) is 0 Å². The Bertz CT molecular complexity index is 1040. The molecule has 0 saturated carbocycles. The van der Waals surface area contributed by atoms with Crippen LogP contribution in [0, 0.1) is 13.8 Å². The third-order valence-electron chi connectivity index (χ3n) is 4.37. The topological polar surface area (TPSA) is 42.2 Å². The van der Waals surface area contributed by atoms with Crippen molar-refractivity contribution in [3.05, 3.63) is 89.1 Å². The maximum absolute atomic E-state index is 4.57. The second-order valence-electron chi connectivity index (χ2n) is 6.32. The van der Waals surface area contributed by atoms with Crippen LogP contribution in [0.1, 0.15) is 17.0 Å². The highest BCUT2D eigenvalue weighted by Crippen LogP contribution is 2.24. The van der Waals surface area contributed by atoms with Gasteiger partial charge in [-0.05, 0) is 43.7 Å². The van der Waals surface area contributed by atoms with E-state index in [1.807, 2.05) is 29.8 Å². The molecule has 0 bridgehead atoms. The van der Waals surface area contributed by atoms with Crippen molar-refractivity contribution in [2.75, 3.05) is 5.43 Å². The van der Waals surface area contributed by atoms with Crippen LogP contribution in [0.5, 0.6) is 0 Å². The van der Waals surface area contributed by atoms with E-state index in [0.29, 0.717) is 0 Å². The van der Waals surface area contributed by atoms with Gasteiger partial charge in [0.15, 0.2) is 0 Å². The van der Waals surface area contributed by atoms with E-state index in [1.54, 1.807) is 11.3 Å². The van der Waals surface area contributed by atoms with Gasteiger partial charge in [0.2, 0.25) is 5.13 Å². The highest BCUT2D eigenvalue weighted by atomic mass is 32.1. The number of aromatic nitrogens is 2. The van der Waals surface area contributed by atoms with E-state index < -0.39 is 0 Å². The number of thiazole rings is 1. The number of rotatable bonds is 5. The molecule has 5 heteroatoms. The summed E-state index contributed by atoms with van der Waals surface area (Å²) in [5.74, 6) is 0. The highest BCUT2D eigenvalue weighted by Gasteiger charge is 2.04. The van der Waals surface area contributed by atoms with Crippen molar-refractivity contribution in [2.24, 2.45) is 5.10 Å². The molecule has 134 valence electrons. The molecule has 1 N–H and O–H groups in total. The number of benzene rings is 2. The first-order chi connectivity index (χ1) is 13.2. The molecule has 2 aromatic carbocycles. The molecule has 0 fully saturated rings. The van der Waals surface area contributed by atoms with Gasteiger partial charge in [0, 0.05) is 28.0 Å². The number of hydrazone groups is 1. The lowest BCUT2D eigenvalue weighted by atomic mass is 10.2. The van der Waals surface area contributed by atoms with Crippen molar-refractivity contribution in [2.45, 2.75) is 13.8 Å². The summed E-state index contributed by atoms with van der Waals surface area (Å²) in [4.78, 5) is 4.57. The van der Waals surface area contributed by atoms with E-state index in [2.05, 4.69) is 82.5 Å². The molecule has 0 aliphatic rings. The van der Waals surface area contributed by atoms with Crippen LogP contribution in [0.4, 0.5) is 5.13 Å². The van der Waals surface area contributed by atoms with Gasteiger partial charge in [0.1, 0.15) is 0 Å². The van der Waals surface area contributed by atoms with E-state index in [9.17, 15) is 0 Å². The molecule has 0 unspecified atom stereocenters. The molecule has 2 aromatic heterocycles. The molecule has 0 aliphatic heterocycles. The summed E-state index contributed by atoms with van der Waals surface area (Å²) in [6, 6.07) is 22.8. The first kappa shape index (κ1) is 17.2. The predicted octanol–water partition coefficient (Wildman–Crippen LogP) is 5.66. The molecular formula is C22H20N4S. The molecule has 27 heavy (non-hydrogen) atoms. The largest absolute Gasteiger partial charge is 0.319 e. The van der Waals surface area contributed by atoms with Gasteiger partial charge >= 0.3 is 0 Å². The minimum absolute atomic E-state index is 0.778. The maximum Gasteiger partial charge on any atom is 0.203 e. The lowest BCUT2D eigenvalue weighted by Gasteiger charge is -2.09. The van der Waals surface area contributed by atoms with Gasteiger partial charge in [0.05, 0.1) is 11.9 Å². The van der Waals surface area contributed by atoms with Crippen LogP contribution in [0.15, 0.2) is 77.2 Å². The Hall–Kier alpha value is -3.18. The number of anilines is 1. The summed E-state index contributed by atoms with van der Waals surface area (Å²) in [7, 11) is 0. The molecule has 0 spiro atoms. The SMILES string of the molecule is Cc1ccc(C)n1-c1ccc(C=NNc2nc(-c3ccccc3)cs2)cc1. The second-order valence-corrected chi connectivity index (χ2v) is 7.18. The van der Waals surface area contributed by atoms with E-state index >= 15 is 0 Å². The molecule has 4 rings (SSSR count). The van der Waals surface area contributed by atoms with Gasteiger partial charge in [-0.2, -0.15) is 5.10 Å². The van der Waals surface area contributed by atoms with E-state index in [4.69, 9.17) is 0 Å². The van der Waals surface area contributed by atoms with Crippen LogP contribution in [0.2, 0.25) is 0 Å². The number of hydrogen-bond acceptors (Lipinski definition) is 4. The summed E-state index contributed by atoms with van der Waals surface area (Å²) < 4.78 is 2.24. The minimum Gasteiger partial charge on any atom is -0.319 e. The number of nitrogens with one attached hydrogen (secondary N) is 1. The zero-order valence-electron chi connectivity index (χ0n) is 15.3. The predicted molar refractivity (Wildman–Crippen MR) is 114 cm³/mol. The van der Waals surface area contributed by atoms with Gasteiger partial charge in [-0.1, -0.05) is 42.5 Å². The fourth-order valence-electron chi connectivity index (χ4n) is 3.01. The van der Waals surface area contributed by atoms with Crippen LogP contribution in [0.3, 0.4) is 0 Å². The van der Waals surface area contributed by atoms with E-state index in [0.717, 1.165) is 27.6 Å². The summed E-state index contributed by atoms with van der Waals surface area (Å²) in [6.45, 7) is 4.23. The average Bonchev–Trinajstić information content (AvgIpc) is 3.30. The Morgan fingerprint density at radius 3 is 2.33 bits per heavy atom. The van der Waals surface area contributed by atoms with Crippen LogP contribution in [-0.4, -0.2) is 15.8 Å². The number of aryl methyl sites for hydroxylation is 2. The molecule has 0 aliphatic carbocycles. The Morgan fingerprint density at radius 1 is 0.926 bits per heavy atom. The number of nitrogens with zero attached hydrogens (tertiary/aromatic N) is 3. The van der Waals surface area contributed by atoms with Crippen LogP contribution in [-0.2, 0) is 0 Å². The van der Waals surface area contributed by atoms with Gasteiger partial charge < -0.3 is 4.57 Å². The summed E-state index contributed by atoms with van der Waals surface area (Å²) >= 11 is 1.54. The lowest BCUT2D eigenvalue weighted by Crippen LogP contribution is -1.98. The summed E-state index contributed by atoms with van der Waals surface area (Å²) in [6.07, 6.45) is 1.81. The zero-order valence-corrected chi connectivity index (χ0v) is 16.1. The summed E-state index contributed by atoms with van der Waals surface area (Å²) in [5.41, 5.74) is 9.74. The van der Waals surface area contributed by atoms with Crippen molar-refractivity contribution >= 4 is 22.7 Å². The highest BCUT2D eigenvalue weighted by molar-refractivity contribution is 7.14. The Labute approximate surface area is 162 Å². The average molecular weight is 372 g/mol. The Kier molecular flexibility index (Phi) is 4.85.